The van der Waals surface area contributed by atoms with E-state index in [1.54, 1.807) is 11.9 Å². The zero-order chi connectivity index (χ0) is 14.0. The summed E-state index contributed by atoms with van der Waals surface area (Å²) in [7, 11) is 1.69. The molecule has 1 fully saturated rings. The second-order valence-corrected chi connectivity index (χ2v) is 4.51. The van der Waals surface area contributed by atoms with Crippen LogP contribution in [0.15, 0.2) is 18.2 Å². The van der Waals surface area contributed by atoms with Gasteiger partial charge in [0.25, 0.3) is 0 Å². The highest BCUT2D eigenvalue weighted by Crippen LogP contribution is 2.28. The van der Waals surface area contributed by atoms with Crippen LogP contribution in [-0.2, 0) is 11.0 Å². The van der Waals surface area contributed by atoms with Crippen LogP contribution in [0.5, 0.6) is 5.88 Å². The molecule has 7 heteroatoms. The van der Waals surface area contributed by atoms with E-state index in [0.29, 0.717) is 13.0 Å². The molecule has 1 aromatic heterocycles. The molecule has 0 spiro atoms. The van der Waals surface area contributed by atoms with Gasteiger partial charge in [-0.15, -0.1) is 0 Å². The smallest absolute Gasteiger partial charge is 0.433 e. The third kappa shape index (κ3) is 3.36. The Bertz CT molecular complexity index is 476. The predicted octanol–water partition coefficient (Wildman–Crippen LogP) is 1.96. The van der Waals surface area contributed by atoms with Crippen LogP contribution in [0.25, 0.3) is 0 Å². The molecule has 104 valence electrons. The number of halogens is 3. The average molecular weight is 274 g/mol. The van der Waals surface area contributed by atoms with Crippen molar-refractivity contribution in [2.24, 2.45) is 5.92 Å². The highest BCUT2D eigenvalue weighted by Gasteiger charge is 2.33. The van der Waals surface area contributed by atoms with Crippen molar-refractivity contribution in [1.29, 1.82) is 0 Å². The normalized spacial score (nSPS) is 19.9. The quantitative estimate of drug-likeness (QED) is 0.846. The minimum absolute atomic E-state index is 0.00570. The topological polar surface area (TPSA) is 42.4 Å². The fraction of sp³-hybridized carbons (Fsp3) is 0.500. The van der Waals surface area contributed by atoms with Crippen LogP contribution in [-0.4, -0.2) is 36.0 Å². The molecule has 1 unspecified atom stereocenters. The number of amides is 1. The van der Waals surface area contributed by atoms with Gasteiger partial charge in [-0.05, 0) is 6.07 Å². The average Bonchev–Trinajstić information content (AvgIpc) is 2.66. The number of hydrogen-bond acceptors (Lipinski definition) is 3. The van der Waals surface area contributed by atoms with E-state index < -0.39 is 11.9 Å². The molecule has 0 N–H and O–H groups in total. The Balaban J connectivity index is 1.95. The Morgan fingerprint density at radius 3 is 2.79 bits per heavy atom. The van der Waals surface area contributed by atoms with Gasteiger partial charge >= 0.3 is 6.18 Å². The van der Waals surface area contributed by atoms with Gasteiger partial charge < -0.3 is 9.64 Å². The summed E-state index contributed by atoms with van der Waals surface area (Å²) in [6.45, 7) is 0.738. The summed E-state index contributed by atoms with van der Waals surface area (Å²) < 4.78 is 42.6. The van der Waals surface area contributed by atoms with E-state index in [1.807, 2.05) is 0 Å². The highest BCUT2D eigenvalue weighted by atomic mass is 19.4. The molecular formula is C12H13F3N2O2. The van der Waals surface area contributed by atoms with Crippen molar-refractivity contribution in [3.05, 3.63) is 23.9 Å². The summed E-state index contributed by atoms with van der Waals surface area (Å²) in [5.74, 6) is -0.0590. The van der Waals surface area contributed by atoms with Crippen LogP contribution in [0.3, 0.4) is 0 Å². The lowest BCUT2D eigenvalue weighted by Crippen LogP contribution is -2.20. The lowest BCUT2D eigenvalue weighted by atomic mass is 10.1. The number of carbonyl (C=O) groups is 1. The first-order valence-corrected chi connectivity index (χ1v) is 5.77. The first kappa shape index (κ1) is 13.6. The van der Waals surface area contributed by atoms with Gasteiger partial charge in [-0.3, -0.25) is 4.79 Å². The van der Waals surface area contributed by atoms with Gasteiger partial charge in [-0.25, -0.2) is 4.98 Å². The van der Waals surface area contributed by atoms with Gasteiger partial charge in [0.15, 0.2) is 0 Å². The van der Waals surface area contributed by atoms with Crippen LogP contribution in [0, 0.1) is 5.92 Å². The van der Waals surface area contributed by atoms with Crippen LogP contribution in [0.4, 0.5) is 13.2 Å². The molecule has 1 aliphatic rings. The summed E-state index contributed by atoms with van der Waals surface area (Å²) in [5.41, 5.74) is -0.982. The molecule has 0 aliphatic carbocycles. The van der Waals surface area contributed by atoms with E-state index in [0.717, 1.165) is 6.07 Å². The third-order valence-corrected chi connectivity index (χ3v) is 2.90. The Labute approximate surface area is 108 Å². The van der Waals surface area contributed by atoms with E-state index in [1.165, 1.54) is 12.1 Å². The van der Waals surface area contributed by atoms with Gasteiger partial charge in [0.2, 0.25) is 11.8 Å². The van der Waals surface area contributed by atoms with Crippen molar-refractivity contribution in [3.63, 3.8) is 0 Å². The van der Waals surface area contributed by atoms with Gasteiger partial charge in [-0.1, -0.05) is 6.07 Å². The zero-order valence-corrected chi connectivity index (χ0v) is 10.3. The second-order valence-electron chi connectivity index (χ2n) is 4.51. The fourth-order valence-electron chi connectivity index (χ4n) is 1.92. The predicted molar refractivity (Wildman–Crippen MR) is 60.5 cm³/mol. The summed E-state index contributed by atoms with van der Waals surface area (Å²) in [5, 5.41) is 0. The number of ether oxygens (including phenoxy) is 1. The van der Waals surface area contributed by atoms with E-state index in [-0.39, 0.29) is 24.3 Å². The molecule has 4 nitrogen and oxygen atoms in total. The Hall–Kier alpha value is -1.79. The number of aromatic nitrogens is 1. The molecule has 1 amide bonds. The minimum Gasteiger partial charge on any atom is -0.477 e. The minimum atomic E-state index is -4.48. The maximum absolute atomic E-state index is 12.4. The molecule has 2 rings (SSSR count). The zero-order valence-electron chi connectivity index (χ0n) is 10.3. The molecule has 1 atom stereocenters. The lowest BCUT2D eigenvalue weighted by Gasteiger charge is -2.12. The monoisotopic (exact) mass is 274 g/mol. The Morgan fingerprint density at radius 1 is 1.47 bits per heavy atom. The van der Waals surface area contributed by atoms with E-state index >= 15 is 0 Å². The lowest BCUT2D eigenvalue weighted by molar-refractivity contribution is -0.141. The molecule has 1 aromatic rings. The molecule has 0 radical (unpaired) electrons. The maximum Gasteiger partial charge on any atom is 0.433 e. The largest absolute Gasteiger partial charge is 0.477 e. The van der Waals surface area contributed by atoms with Gasteiger partial charge in [-0.2, -0.15) is 13.2 Å². The van der Waals surface area contributed by atoms with Gasteiger partial charge in [0.05, 0.1) is 6.61 Å². The molecule has 1 aliphatic heterocycles. The van der Waals surface area contributed by atoms with Crippen LogP contribution >= 0.6 is 0 Å². The summed E-state index contributed by atoms with van der Waals surface area (Å²) in [4.78, 5) is 16.3. The standard InChI is InChI=1S/C12H13F3N2O2/c1-17-6-8(5-11(17)18)7-19-10-4-2-3-9(16-10)12(13,14)15/h2-4,8H,5-7H2,1H3. The molecule has 1 saturated heterocycles. The molecule has 0 saturated carbocycles. The maximum atomic E-state index is 12.4. The summed E-state index contributed by atoms with van der Waals surface area (Å²) in [6.07, 6.45) is -4.13. The molecular weight excluding hydrogens is 261 g/mol. The van der Waals surface area contributed by atoms with Crippen molar-refractivity contribution in [2.75, 3.05) is 20.2 Å². The van der Waals surface area contributed by atoms with Crippen LogP contribution in [0.1, 0.15) is 12.1 Å². The van der Waals surface area contributed by atoms with Crippen LogP contribution in [0.2, 0.25) is 0 Å². The molecule has 0 aromatic carbocycles. The summed E-state index contributed by atoms with van der Waals surface area (Å²) in [6, 6.07) is 3.51. The first-order chi connectivity index (χ1) is 8.86. The fourth-order valence-corrected chi connectivity index (χ4v) is 1.92. The van der Waals surface area contributed by atoms with Crippen molar-refractivity contribution in [1.82, 2.24) is 9.88 Å². The van der Waals surface area contributed by atoms with Crippen molar-refractivity contribution < 1.29 is 22.7 Å². The number of likely N-dealkylation sites (tertiary alicyclic amines) is 1. The van der Waals surface area contributed by atoms with Crippen molar-refractivity contribution in [3.8, 4) is 5.88 Å². The third-order valence-electron chi connectivity index (χ3n) is 2.90. The highest BCUT2D eigenvalue weighted by molar-refractivity contribution is 5.78. The summed E-state index contributed by atoms with van der Waals surface area (Å²) >= 11 is 0. The van der Waals surface area contributed by atoms with Crippen molar-refractivity contribution >= 4 is 5.91 Å². The first-order valence-electron chi connectivity index (χ1n) is 5.77. The number of rotatable bonds is 3. The number of alkyl halides is 3. The second kappa shape index (κ2) is 5.07. The Kier molecular flexibility index (Phi) is 3.64. The molecule has 19 heavy (non-hydrogen) atoms. The van der Waals surface area contributed by atoms with Gasteiger partial charge in [0, 0.05) is 32.0 Å². The van der Waals surface area contributed by atoms with Gasteiger partial charge in [0.1, 0.15) is 5.69 Å². The van der Waals surface area contributed by atoms with E-state index in [4.69, 9.17) is 4.74 Å². The molecule has 0 bridgehead atoms. The number of pyridine rings is 1. The number of carbonyl (C=O) groups excluding carboxylic acids is 1. The van der Waals surface area contributed by atoms with E-state index in [2.05, 4.69) is 4.98 Å². The molecule has 2 heterocycles. The van der Waals surface area contributed by atoms with Crippen molar-refractivity contribution in [2.45, 2.75) is 12.6 Å². The number of nitrogens with zero attached hydrogens (tertiary/aromatic N) is 2. The van der Waals surface area contributed by atoms with E-state index in [9.17, 15) is 18.0 Å². The number of hydrogen-bond donors (Lipinski definition) is 0. The Morgan fingerprint density at radius 2 is 2.21 bits per heavy atom. The van der Waals surface area contributed by atoms with Crippen LogP contribution < -0.4 is 4.74 Å². The SMILES string of the molecule is CN1CC(COc2cccc(C(F)(F)F)n2)CC1=O.